The van der Waals surface area contributed by atoms with Crippen LogP contribution in [-0.2, 0) is 13.0 Å². The van der Waals surface area contributed by atoms with Gasteiger partial charge in [-0.3, -0.25) is 4.68 Å². The van der Waals surface area contributed by atoms with Crippen LogP contribution in [0.5, 0.6) is 0 Å². The van der Waals surface area contributed by atoms with Gasteiger partial charge in [0.25, 0.3) is 0 Å². The second kappa shape index (κ2) is 5.20. The van der Waals surface area contributed by atoms with Crippen molar-refractivity contribution in [2.45, 2.75) is 46.2 Å². The monoisotopic (exact) mass is 248 g/mol. The fourth-order valence-electron chi connectivity index (χ4n) is 1.88. The van der Waals surface area contributed by atoms with Gasteiger partial charge in [0.05, 0.1) is 17.9 Å². The third-order valence-corrected chi connectivity index (χ3v) is 3.22. The molecule has 0 fully saturated rings. The van der Waals surface area contributed by atoms with E-state index in [2.05, 4.69) is 29.3 Å². The predicted molar refractivity (Wildman–Crippen MR) is 70.1 cm³/mol. The average molecular weight is 248 g/mol. The van der Waals surface area contributed by atoms with Crippen LogP contribution in [0.15, 0.2) is 12.3 Å². The van der Waals surface area contributed by atoms with E-state index in [0.717, 1.165) is 24.2 Å². The molecule has 0 amide bonds. The molecule has 2 N–H and O–H groups in total. The van der Waals surface area contributed by atoms with E-state index in [1.165, 1.54) is 0 Å². The molecule has 0 bridgehead atoms. The molecule has 0 saturated heterocycles. The minimum absolute atomic E-state index is 0.421. The predicted octanol–water partition coefficient (Wildman–Crippen LogP) is 1.64. The molecule has 6 nitrogen and oxygen atoms in total. The van der Waals surface area contributed by atoms with Gasteiger partial charge in [-0.15, -0.1) is 5.10 Å². The summed E-state index contributed by atoms with van der Waals surface area (Å²) in [6, 6.07) is 2.44. The number of anilines is 1. The molecule has 98 valence electrons. The lowest BCUT2D eigenvalue weighted by Gasteiger charge is -2.08. The summed E-state index contributed by atoms with van der Waals surface area (Å²) in [5, 5.41) is 12.5. The third kappa shape index (κ3) is 2.37. The van der Waals surface area contributed by atoms with Crippen molar-refractivity contribution >= 4 is 5.82 Å². The van der Waals surface area contributed by atoms with Gasteiger partial charge in [0, 0.05) is 12.2 Å². The Labute approximate surface area is 107 Å². The molecule has 0 aliphatic carbocycles. The SMILES string of the molecule is CCc1c(N)nnn1Cc1ccn(C(C)CC)n1. The minimum atomic E-state index is 0.421. The minimum Gasteiger partial charge on any atom is -0.381 e. The molecule has 0 aliphatic rings. The van der Waals surface area contributed by atoms with Crippen LogP contribution in [0, 0.1) is 0 Å². The van der Waals surface area contributed by atoms with E-state index >= 15 is 0 Å². The number of nitrogens with zero attached hydrogens (tertiary/aromatic N) is 5. The Morgan fingerprint density at radius 1 is 1.39 bits per heavy atom. The van der Waals surface area contributed by atoms with Crippen LogP contribution in [0.4, 0.5) is 5.82 Å². The van der Waals surface area contributed by atoms with Crippen molar-refractivity contribution in [2.75, 3.05) is 5.73 Å². The molecular formula is C12H20N6. The van der Waals surface area contributed by atoms with Crippen molar-refractivity contribution in [3.8, 4) is 0 Å². The molecule has 18 heavy (non-hydrogen) atoms. The summed E-state index contributed by atoms with van der Waals surface area (Å²) in [6.45, 7) is 6.97. The van der Waals surface area contributed by atoms with Crippen LogP contribution in [0.1, 0.15) is 44.6 Å². The fourth-order valence-corrected chi connectivity index (χ4v) is 1.88. The zero-order chi connectivity index (χ0) is 13.1. The van der Waals surface area contributed by atoms with Gasteiger partial charge in [-0.05, 0) is 25.8 Å². The van der Waals surface area contributed by atoms with Crippen molar-refractivity contribution in [3.63, 3.8) is 0 Å². The molecular weight excluding hydrogens is 228 g/mol. The Morgan fingerprint density at radius 3 is 2.83 bits per heavy atom. The lowest BCUT2D eigenvalue weighted by Crippen LogP contribution is -2.09. The first kappa shape index (κ1) is 12.6. The number of hydrogen-bond donors (Lipinski definition) is 1. The van der Waals surface area contributed by atoms with Crippen LogP contribution in [0.25, 0.3) is 0 Å². The van der Waals surface area contributed by atoms with Gasteiger partial charge in [0.1, 0.15) is 0 Å². The van der Waals surface area contributed by atoms with Crippen molar-refractivity contribution in [1.82, 2.24) is 24.8 Å². The van der Waals surface area contributed by atoms with Crippen LogP contribution in [-0.4, -0.2) is 24.8 Å². The number of hydrogen-bond acceptors (Lipinski definition) is 4. The molecule has 1 atom stereocenters. The highest BCUT2D eigenvalue weighted by Crippen LogP contribution is 2.12. The second-order valence-electron chi connectivity index (χ2n) is 4.48. The van der Waals surface area contributed by atoms with Gasteiger partial charge in [-0.2, -0.15) is 5.10 Å². The summed E-state index contributed by atoms with van der Waals surface area (Å²) in [7, 11) is 0. The van der Waals surface area contributed by atoms with Crippen LogP contribution in [0.3, 0.4) is 0 Å². The quantitative estimate of drug-likeness (QED) is 0.872. The highest BCUT2D eigenvalue weighted by molar-refractivity contribution is 5.32. The lowest BCUT2D eigenvalue weighted by atomic mass is 10.3. The summed E-state index contributed by atoms with van der Waals surface area (Å²) < 4.78 is 3.81. The molecule has 0 spiro atoms. The number of rotatable bonds is 5. The van der Waals surface area contributed by atoms with Gasteiger partial charge < -0.3 is 5.73 Å². The van der Waals surface area contributed by atoms with E-state index < -0.39 is 0 Å². The first-order valence-electron chi connectivity index (χ1n) is 6.37. The Hall–Kier alpha value is -1.85. The molecule has 6 heteroatoms. The molecule has 0 radical (unpaired) electrons. The summed E-state index contributed by atoms with van der Waals surface area (Å²) in [6.07, 6.45) is 3.90. The zero-order valence-corrected chi connectivity index (χ0v) is 11.2. The van der Waals surface area contributed by atoms with E-state index in [0.29, 0.717) is 18.4 Å². The first-order chi connectivity index (χ1) is 8.65. The van der Waals surface area contributed by atoms with Crippen molar-refractivity contribution < 1.29 is 0 Å². The maximum atomic E-state index is 5.76. The van der Waals surface area contributed by atoms with E-state index in [1.54, 1.807) is 0 Å². The molecule has 0 saturated carbocycles. The molecule has 2 aromatic heterocycles. The van der Waals surface area contributed by atoms with Gasteiger partial charge >= 0.3 is 0 Å². The summed E-state index contributed by atoms with van der Waals surface area (Å²) in [5.41, 5.74) is 7.71. The van der Waals surface area contributed by atoms with Crippen molar-refractivity contribution in [3.05, 3.63) is 23.7 Å². The van der Waals surface area contributed by atoms with Gasteiger partial charge in [0.2, 0.25) is 0 Å². The van der Waals surface area contributed by atoms with Crippen molar-refractivity contribution in [2.24, 2.45) is 0 Å². The Bertz CT molecular complexity index is 512. The fraction of sp³-hybridized carbons (Fsp3) is 0.583. The van der Waals surface area contributed by atoms with Gasteiger partial charge in [-0.1, -0.05) is 19.1 Å². The molecule has 1 unspecified atom stereocenters. The highest BCUT2D eigenvalue weighted by atomic mass is 15.4. The smallest absolute Gasteiger partial charge is 0.169 e. The van der Waals surface area contributed by atoms with Gasteiger partial charge in [-0.25, -0.2) is 4.68 Å². The largest absolute Gasteiger partial charge is 0.381 e. The summed E-state index contributed by atoms with van der Waals surface area (Å²) in [5.74, 6) is 0.513. The average Bonchev–Trinajstić information content (AvgIpc) is 2.96. The molecule has 0 aliphatic heterocycles. The zero-order valence-electron chi connectivity index (χ0n) is 11.2. The first-order valence-corrected chi connectivity index (χ1v) is 6.37. The van der Waals surface area contributed by atoms with E-state index in [9.17, 15) is 0 Å². The third-order valence-electron chi connectivity index (χ3n) is 3.22. The maximum Gasteiger partial charge on any atom is 0.169 e. The molecule has 2 aromatic rings. The topological polar surface area (TPSA) is 74.5 Å². The van der Waals surface area contributed by atoms with E-state index in [-0.39, 0.29) is 0 Å². The number of nitrogens with two attached hydrogens (primary N) is 1. The van der Waals surface area contributed by atoms with Crippen molar-refractivity contribution in [1.29, 1.82) is 0 Å². The Balaban J connectivity index is 2.16. The number of nitrogen functional groups attached to an aromatic ring is 1. The summed E-state index contributed by atoms with van der Waals surface area (Å²) in [4.78, 5) is 0. The Kier molecular flexibility index (Phi) is 3.64. The van der Waals surface area contributed by atoms with Crippen LogP contribution < -0.4 is 5.73 Å². The molecule has 2 heterocycles. The molecule has 0 aromatic carbocycles. The summed E-state index contributed by atoms with van der Waals surface area (Å²) >= 11 is 0. The normalized spacial score (nSPS) is 12.8. The van der Waals surface area contributed by atoms with Gasteiger partial charge in [0.15, 0.2) is 5.82 Å². The van der Waals surface area contributed by atoms with Crippen LogP contribution >= 0.6 is 0 Å². The molecule has 2 rings (SSSR count). The standard InChI is InChI=1S/C12H20N6/c1-4-9(3)17-7-6-10(15-17)8-18-11(5-2)12(13)14-16-18/h6-7,9H,4-5,8,13H2,1-3H3. The van der Waals surface area contributed by atoms with E-state index in [1.807, 2.05) is 28.6 Å². The second-order valence-corrected chi connectivity index (χ2v) is 4.48. The highest BCUT2D eigenvalue weighted by Gasteiger charge is 2.10. The van der Waals surface area contributed by atoms with E-state index in [4.69, 9.17) is 5.73 Å². The number of aromatic nitrogens is 5. The van der Waals surface area contributed by atoms with Crippen LogP contribution in [0.2, 0.25) is 0 Å². The maximum absolute atomic E-state index is 5.76. The lowest BCUT2D eigenvalue weighted by molar-refractivity contribution is 0.469. The Morgan fingerprint density at radius 2 is 2.17 bits per heavy atom.